The molecule has 0 saturated carbocycles. The molecule has 0 saturated heterocycles. The minimum atomic E-state index is 0.750. The summed E-state index contributed by atoms with van der Waals surface area (Å²) in [5.74, 6) is 0. The molecule has 3 nitrogen and oxygen atoms in total. The Kier molecular flexibility index (Phi) is 4.00. The lowest BCUT2D eigenvalue weighted by Crippen LogP contribution is -2.25. The summed E-state index contributed by atoms with van der Waals surface area (Å²) in [7, 11) is 3.88. The third-order valence-corrected chi connectivity index (χ3v) is 3.82. The third kappa shape index (κ3) is 3.01. The Morgan fingerprint density at radius 2 is 1.89 bits per heavy atom. The van der Waals surface area contributed by atoms with Crippen molar-refractivity contribution in [3.05, 3.63) is 53.1 Å². The van der Waals surface area contributed by atoms with Crippen LogP contribution in [0.2, 0.25) is 0 Å². The highest BCUT2D eigenvalue weighted by Gasteiger charge is 2.08. The maximum atomic E-state index is 5.32. The van der Waals surface area contributed by atoms with Gasteiger partial charge in [-0.25, -0.2) is 4.98 Å². The number of hydrogen-bond donors (Lipinski definition) is 0. The topological polar surface area (TPSA) is 21.1 Å². The molecule has 2 rings (SSSR count). The van der Waals surface area contributed by atoms with Crippen LogP contribution in [0.25, 0.3) is 0 Å². The lowest BCUT2D eigenvalue weighted by molar-refractivity contribution is 0.610. The number of hydrogen-bond acceptors (Lipinski definition) is 2. The molecule has 0 aliphatic rings. The van der Waals surface area contributed by atoms with Gasteiger partial charge in [0.1, 0.15) is 6.33 Å². The van der Waals surface area contributed by atoms with Crippen LogP contribution in [0.15, 0.2) is 30.7 Å². The van der Waals surface area contributed by atoms with Crippen LogP contribution in [0, 0.1) is 13.8 Å². The second kappa shape index (κ2) is 5.53. The van der Waals surface area contributed by atoms with Gasteiger partial charge >= 0.3 is 0 Å². The van der Waals surface area contributed by atoms with Gasteiger partial charge in [0, 0.05) is 26.7 Å². The van der Waals surface area contributed by atoms with E-state index in [9.17, 15) is 0 Å². The molecular formula is C15H19N3S. The Labute approximate surface area is 119 Å². The summed E-state index contributed by atoms with van der Waals surface area (Å²) in [6.07, 6.45) is 4.64. The Morgan fingerprint density at radius 3 is 2.47 bits per heavy atom. The first-order chi connectivity index (χ1) is 8.99. The predicted octanol–water partition coefficient (Wildman–Crippen LogP) is 2.79. The monoisotopic (exact) mass is 273 g/mol. The van der Waals surface area contributed by atoms with Gasteiger partial charge in [0.25, 0.3) is 0 Å². The van der Waals surface area contributed by atoms with E-state index in [1.54, 1.807) is 6.33 Å². The van der Waals surface area contributed by atoms with E-state index < -0.39 is 0 Å². The van der Waals surface area contributed by atoms with Crippen LogP contribution in [0.1, 0.15) is 22.4 Å². The van der Waals surface area contributed by atoms with E-state index in [1.165, 1.54) is 16.7 Å². The smallest absolute Gasteiger partial charge is 0.180 e. The Bertz CT molecular complexity index is 579. The molecule has 1 heterocycles. The fourth-order valence-electron chi connectivity index (χ4n) is 2.10. The van der Waals surface area contributed by atoms with Gasteiger partial charge in [0.2, 0.25) is 0 Å². The fraction of sp³-hybridized carbons (Fsp3) is 0.333. The average molecular weight is 273 g/mol. The lowest BCUT2D eigenvalue weighted by Gasteiger charge is -2.13. The zero-order valence-electron chi connectivity index (χ0n) is 11.8. The van der Waals surface area contributed by atoms with Crippen molar-refractivity contribution >= 4 is 17.3 Å². The van der Waals surface area contributed by atoms with Gasteiger partial charge in [-0.3, -0.25) is 4.57 Å². The summed E-state index contributed by atoms with van der Waals surface area (Å²) in [4.78, 5) is 6.35. The molecule has 2 aromatic rings. The van der Waals surface area contributed by atoms with Crippen molar-refractivity contribution in [2.75, 3.05) is 14.1 Å². The minimum Gasteiger partial charge on any atom is -0.355 e. The van der Waals surface area contributed by atoms with Crippen LogP contribution < -0.4 is 0 Å². The van der Waals surface area contributed by atoms with Gasteiger partial charge in [-0.05, 0) is 42.8 Å². The van der Waals surface area contributed by atoms with Crippen LogP contribution >= 0.6 is 12.2 Å². The molecule has 0 atom stereocenters. The molecular weight excluding hydrogens is 254 g/mol. The quantitative estimate of drug-likeness (QED) is 0.785. The third-order valence-electron chi connectivity index (χ3n) is 3.24. The van der Waals surface area contributed by atoms with E-state index in [4.69, 9.17) is 12.2 Å². The first-order valence-electron chi connectivity index (χ1n) is 6.28. The highest BCUT2D eigenvalue weighted by molar-refractivity contribution is 7.80. The summed E-state index contributed by atoms with van der Waals surface area (Å²) in [5, 5.41) is 0.750. The second-order valence-corrected chi connectivity index (χ2v) is 5.36. The van der Waals surface area contributed by atoms with Crippen molar-refractivity contribution in [3.63, 3.8) is 0 Å². The Hall–Kier alpha value is -1.68. The summed E-state index contributed by atoms with van der Waals surface area (Å²) < 4.78 is 1.89. The normalized spacial score (nSPS) is 10.5. The predicted molar refractivity (Wildman–Crippen MR) is 82.6 cm³/mol. The second-order valence-electron chi connectivity index (χ2n) is 5.00. The average Bonchev–Trinajstić information content (AvgIpc) is 2.81. The number of imidazole rings is 1. The Balaban J connectivity index is 2.23. The highest BCUT2D eigenvalue weighted by atomic mass is 32.1. The first-order valence-corrected chi connectivity index (χ1v) is 6.69. The number of rotatable bonds is 2. The van der Waals surface area contributed by atoms with E-state index in [1.807, 2.05) is 29.8 Å². The zero-order valence-corrected chi connectivity index (χ0v) is 12.7. The number of aryl methyl sites for hydroxylation is 2. The van der Waals surface area contributed by atoms with Gasteiger partial charge in [0.15, 0.2) is 5.11 Å². The number of aromatic nitrogens is 2. The number of thiocarbonyl (C=S) groups is 1. The number of nitrogens with zero attached hydrogens (tertiary/aromatic N) is 3. The van der Waals surface area contributed by atoms with Crippen molar-refractivity contribution in [1.82, 2.24) is 14.5 Å². The van der Waals surface area contributed by atoms with Crippen LogP contribution in [0.5, 0.6) is 0 Å². The molecule has 0 amide bonds. The molecule has 0 aliphatic carbocycles. The fourth-order valence-corrected chi connectivity index (χ4v) is 2.20. The van der Waals surface area contributed by atoms with Gasteiger partial charge in [-0.15, -0.1) is 0 Å². The zero-order chi connectivity index (χ0) is 14.0. The maximum absolute atomic E-state index is 5.32. The van der Waals surface area contributed by atoms with Crippen molar-refractivity contribution in [2.24, 2.45) is 0 Å². The van der Waals surface area contributed by atoms with Gasteiger partial charge in [-0.1, -0.05) is 18.2 Å². The summed E-state index contributed by atoms with van der Waals surface area (Å²) >= 11 is 5.32. The molecule has 0 spiro atoms. The van der Waals surface area contributed by atoms with E-state index in [0.29, 0.717) is 0 Å². The number of benzene rings is 1. The minimum absolute atomic E-state index is 0.750. The molecule has 0 aliphatic heterocycles. The largest absolute Gasteiger partial charge is 0.355 e. The van der Waals surface area contributed by atoms with Crippen molar-refractivity contribution < 1.29 is 0 Å². The molecule has 0 N–H and O–H groups in total. The first kappa shape index (κ1) is 13.7. The SMILES string of the molecule is Cc1cccc(C)c1Cc1cn(C(=S)N(C)C)cn1. The van der Waals surface area contributed by atoms with E-state index in [2.05, 4.69) is 37.0 Å². The highest BCUT2D eigenvalue weighted by Crippen LogP contribution is 2.17. The van der Waals surface area contributed by atoms with Crippen molar-refractivity contribution in [1.29, 1.82) is 0 Å². The van der Waals surface area contributed by atoms with Crippen LogP contribution in [-0.2, 0) is 6.42 Å². The van der Waals surface area contributed by atoms with Crippen molar-refractivity contribution in [2.45, 2.75) is 20.3 Å². The molecule has 0 bridgehead atoms. The molecule has 4 heteroatoms. The van der Waals surface area contributed by atoms with Crippen LogP contribution in [-0.4, -0.2) is 33.7 Å². The summed E-state index contributed by atoms with van der Waals surface area (Å²) in [5.41, 5.74) is 5.01. The van der Waals surface area contributed by atoms with Crippen LogP contribution in [0.3, 0.4) is 0 Å². The lowest BCUT2D eigenvalue weighted by atomic mass is 9.99. The van der Waals surface area contributed by atoms with Crippen LogP contribution in [0.4, 0.5) is 0 Å². The molecule has 1 aromatic carbocycles. The molecule has 100 valence electrons. The Morgan fingerprint density at radius 1 is 1.26 bits per heavy atom. The van der Waals surface area contributed by atoms with Gasteiger partial charge < -0.3 is 4.90 Å². The molecule has 0 unspecified atom stereocenters. The molecule has 19 heavy (non-hydrogen) atoms. The van der Waals surface area contributed by atoms with Gasteiger partial charge in [0.05, 0.1) is 5.69 Å². The molecule has 0 fully saturated rings. The van der Waals surface area contributed by atoms with Crippen molar-refractivity contribution in [3.8, 4) is 0 Å². The summed E-state index contributed by atoms with van der Waals surface area (Å²) in [6.45, 7) is 4.29. The van der Waals surface area contributed by atoms with Gasteiger partial charge in [-0.2, -0.15) is 0 Å². The molecule has 0 radical (unpaired) electrons. The van der Waals surface area contributed by atoms with E-state index in [0.717, 1.165) is 17.2 Å². The summed E-state index contributed by atoms with van der Waals surface area (Å²) in [6, 6.07) is 6.38. The molecule has 1 aromatic heterocycles. The van der Waals surface area contributed by atoms with E-state index in [-0.39, 0.29) is 0 Å². The maximum Gasteiger partial charge on any atom is 0.180 e. The standard InChI is InChI=1S/C15H19N3S/c1-11-6-5-7-12(2)14(11)8-13-9-18(10-16-13)15(19)17(3)4/h5-7,9-10H,8H2,1-4H3. The van der Waals surface area contributed by atoms with E-state index >= 15 is 0 Å².